The van der Waals surface area contributed by atoms with Crippen molar-refractivity contribution in [2.75, 3.05) is 0 Å². The Morgan fingerprint density at radius 2 is 2.27 bits per heavy atom. The SMILES string of the molecule is ONCc1ccc2[nH]c3c(c2c1)CCC3. The maximum Gasteiger partial charge on any atom is 0.0459 e. The van der Waals surface area contributed by atoms with E-state index in [1.807, 2.05) is 6.07 Å². The highest BCUT2D eigenvalue weighted by molar-refractivity contribution is 5.85. The van der Waals surface area contributed by atoms with Crippen LogP contribution in [0.1, 0.15) is 23.2 Å². The summed E-state index contributed by atoms with van der Waals surface area (Å²) in [6.45, 7) is 0.510. The van der Waals surface area contributed by atoms with Crippen molar-refractivity contribution in [1.82, 2.24) is 10.5 Å². The molecule has 0 spiro atoms. The lowest BCUT2D eigenvalue weighted by atomic mass is 10.1. The Bertz CT molecular complexity index is 502. The van der Waals surface area contributed by atoms with Crippen LogP contribution >= 0.6 is 0 Å². The first-order chi connectivity index (χ1) is 7.38. The lowest BCUT2D eigenvalue weighted by Gasteiger charge is -2.00. The number of aromatic nitrogens is 1. The summed E-state index contributed by atoms with van der Waals surface area (Å²) in [6.07, 6.45) is 3.63. The molecule has 0 radical (unpaired) electrons. The normalized spacial score (nSPS) is 14.7. The number of aryl methyl sites for hydroxylation is 2. The van der Waals surface area contributed by atoms with Crippen LogP contribution in [0.15, 0.2) is 18.2 Å². The minimum absolute atomic E-state index is 0.510. The van der Waals surface area contributed by atoms with Crippen molar-refractivity contribution in [2.24, 2.45) is 0 Å². The highest BCUT2D eigenvalue weighted by Gasteiger charge is 2.16. The number of benzene rings is 1. The van der Waals surface area contributed by atoms with Crippen LogP contribution in [-0.2, 0) is 19.4 Å². The van der Waals surface area contributed by atoms with Gasteiger partial charge in [0.15, 0.2) is 0 Å². The van der Waals surface area contributed by atoms with E-state index in [0.717, 1.165) is 5.56 Å². The van der Waals surface area contributed by atoms with E-state index >= 15 is 0 Å². The number of rotatable bonds is 2. The summed E-state index contributed by atoms with van der Waals surface area (Å²) in [5, 5.41) is 10.0. The number of hydroxylamine groups is 1. The third-order valence-corrected chi connectivity index (χ3v) is 3.20. The summed E-state index contributed by atoms with van der Waals surface area (Å²) in [5.74, 6) is 0. The second-order valence-corrected chi connectivity index (χ2v) is 4.15. The molecular formula is C12H14N2O. The maximum atomic E-state index is 8.68. The third kappa shape index (κ3) is 1.35. The number of aromatic amines is 1. The van der Waals surface area contributed by atoms with Crippen molar-refractivity contribution < 1.29 is 5.21 Å². The summed E-state index contributed by atoms with van der Waals surface area (Å²) in [6, 6.07) is 6.30. The van der Waals surface area contributed by atoms with Gasteiger partial charge in [-0.15, -0.1) is 0 Å². The molecule has 1 aromatic heterocycles. The molecule has 0 aliphatic heterocycles. The number of hydrogen-bond acceptors (Lipinski definition) is 2. The van der Waals surface area contributed by atoms with Gasteiger partial charge in [0.2, 0.25) is 0 Å². The third-order valence-electron chi connectivity index (χ3n) is 3.20. The summed E-state index contributed by atoms with van der Waals surface area (Å²) in [5.41, 5.74) is 7.42. The minimum atomic E-state index is 0.510. The van der Waals surface area contributed by atoms with Gasteiger partial charge in [0.05, 0.1) is 0 Å². The molecule has 1 aromatic carbocycles. The van der Waals surface area contributed by atoms with Crippen molar-refractivity contribution in [3.05, 3.63) is 35.0 Å². The van der Waals surface area contributed by atoms with Crippen LogP contribution in [0.5, 0.6) is 0 Å². The first kappa shape index (κ1) is 8.95. The molecule has 78 valence electrons. The van der Waals surface area contributed by atoms with Crippen LogP contribution in [0.25, 0.3) is 10.9 Å². The van der Waals surface area contributed by atoms with E-state index in [2.05, 4.69) is 22.6 Å². The molecule has 3 nitrogen and oxygen atoms in total. The number of nitrogens with one attached hydrogen (secondary N) is 2. The van der Waals surface area contributed by atoms with Gasteiger partial charge >= 0.3 is 0 Å². The van der Waals surface area contributed by atoms with E-state index in [1.165, 1.54) is 41.4 Å². The van der Waals surface area contributed by atoms with E-state index in [9.17, 15) is 0 Å². The van der Waals surface area contributed by atoms with E-state index in [4.69, 9.17) is 5.21 Å². The Balaban J connectivity index is 2.16. The van der Waals surface area contributed by atoms with Crippen LogP contribution < -0.4 is 5.48 Å². The fourth-order valence-electron chi connectivity index (χ4n) is 2.49. The van der Waals surface area contributed by atoms with E-state index in [-0.39, 0.29) is 0 Å². The highest BCUT2D eigenvalue weighted by Crippen LogP contribution is 2.30. The van der Waals surface area contributed by atoms with Gasteiger partial charge in [0.1, 0.15) is 0 Å². The van der Waals surface area contributed by atoms with Crippen molar-refractivity contribution in [1.29, 1.82) is 0 Å². The molecule has 15 heavy (non-hydrogen) atoms. The Labute approximate surface area is 88.1 Å². The predicted octanol–water partition coefficient (Wildman–Crippen LogP) is 2.14. The Morgan fingerprint density at radius 1 is 1.33 bits per heavy atom. The molecule has 0 fully saturated rings. The Morgan fingerprint density at radius 3 is 3.13 bits per heavy atom. The Hall–Kier alpha value is -1.32. The van der Waals surface area contributed by atoms with Crippen molar-refractivity contribution in [3.63, 3.8) is 0 Å². The molecular weight excluding hydrogens is 188 g/mol. The van der Waals surface area contributed by atoms with E-state index < -0.39 is 0 Å². The molecule has 0 saturated carbocycles. The van der Waals surface area contributed by atoms with Crippen molar-refractivity contribution >= 4 is 10.9 Å². The number of H-pyrrole nitrogens is 1. The maximum absolute atomic E-state index is 8.68. The van der Waals surface area contributed by atoms with E-state index in [1.54, 1.807) is 0 Å². The standard InChI is InChI=1S/C12H14N2O/c15-13-7-8-4-5-12-10(6-8)9-2-1-3-11(9)14-12/h4-6,13-15H,1-3,7H2. The predicted molar refractivity (Wildman–Crippen MR) is 58.9 cm³/mol. The van der Waals surface area contributed by atoms with E-state index in [0.29, 0.717) is 6.54 Å². The van der Waals surface area contributed by atoms with Gasteiger partial charge in [0.25, 0.3) is 0 Å². The van der Waals surface area contributed by atoms with Crippen LogP contribution in [0.3, 0.4) is 0 Å². The lowest BCUT2D eigenvalue weighted by molar-refractivity contribution is 0.161. The van der Waals surface area contributed by atoms with Gasteiger partial charge in [-0.1, -0.05) is 6.07 Å². The molecule has 3 heteroatoms. The van der Waals surface area contributed by atoms with Crippen LogP contribution in [-0.4, -0.2) is 10.2 Å². The van der Waals surface area contributed by atoms with Crippen molar-refractivity contribution in [2.45, 2.75) is 25.8 Å². The number of hydrogen-bond donors (Lipinski definition) is 3. The second-order valence-electron chi connectivity index (χ2n) is 4.15. The summed E-state index contributed by atoms with van der Waals surface area (Å²) in [7, 11) is 0. The molecule has 0 amide bonds. The average Bonchev–Trinajstić information content (AvgIpc) is 2.78. The summed E-state index contributed by atoms with van der Waals surface area (Å²) in [4.78, 5) is 3.46. The lowest BCUT2D eigenvalue weighted by Crippen LogP contribution is -2.05. The topological polar surface area (TPSA) is 48.0 Å². The Kier molecular flexibility index (Phi) is 2.01. The van der Waals surface area contributed by atoms with Gasteiger partial charge in [0, 0.05) is 23.1 Å². The van der Waals surface area contributed by atoms with Gasteiger partial charge in [-0.05, 0) is 42.5 Å². The molecule has 2 aromatic rings. The van der Waals surface area contributed by atoms with Gasteiger partial charge < -0.3 is 10.2 Å². The fourth-order valence-corrected chi connectivity index (χ4v) is 2.49. The van der Waals surface area contributed by atoms with Crippen LogP contribution in [0.2, 0.25) is 0 Å². The minimum Gasteiger partial charge on any atom is -0.358 e. The summed E-state index contributed by atoms with van der Waals surface area (Å²) < 4.78 is 0. The van der Waals surface area contributed by atoms with Gasteiger partial charge in [-0.25, -0.2) is 5.48 Å². The molecule has 1 heterocycles. The largest absolute Gasteiger partial charge is 0.358 e. The zero-order chi connectivity index (χ0) is 10.3. The molecule has 1 aliphatic carbocycles. The fraction of sp³-hybridized carbons (Fsp3) is 0.333. The highest BCUT2D eigenvalue weighted by atomic mass is 16.5. The van der Waals surface area contributed by atoms with Crippen LogP contribution in [0, 0.1) is 0 Å². The zero-order valence-corrected chi connectivity index (χ0v) is 8.51. The second kappa shape index (κ2) is 3.36. The molecule has 0 bridgehead atoms. The quantitative estimate of drug-likeness (QED) is 0.653. The monoisotopic (exact) mass is 202 g/mol. The molecule has 1 aliphatic rings. The average molecular weight is 202 g/mol. The van der Waals surface area contributed by atoms with Crippen LogP contribution in [0.4, 0.5) is 0 Å². The molecule has 0 saturated heterocycles. The zero-order valence-electron chi connectivity index (χ0n) is 8.51. The first-order valence-electron chi connectivity index (χ1n) is 5.38. The van der Waals surface area contributed by atoms with Gasteiger partial charge in [-0.2, -0.15) is 0 Å². The molecule has 3 N–H and O–H groups in total. The van der Waals surface area contributed by atoms with Crippen molar-refractivity contribution in [3.8, 4) is 0 Å². The summed E-state index contributed by atoms with van der Waals surface area (Å²) >= 11 is 0. The smallest absolute Gasteiger partial charge is 0.0459 e. The molecule has 0 unspecified atom stereocenters. The number of fused-ring (bicyclic) bond motifs is 3. The molecule has 0 atom stereocenters. The first-order valence-corrected chi connectivity index (χ1v) is 5.38. The van der Waals surface area contributed by atoms with Gasteiger partial charge in [-0.3, -0.25) is 0 Å². The molecule has 3 rings (SSSR count).